The summed E-state index contributed by atoms with van der Waals surface area (Å²) in [7, 11) is -2.06. The van der Waals surface area contributed by atoms with Gasteiger partial charge in [0.15, 0.2) is 0 Å². The number of aromatic nitrogens is 2. The Morgan fingerprint density at radius 3 is 2.23 bits per heavy atom. The molecule has 0 radical (unpaired) electrons. The Balaban J connectivity index is 1.66. The fourth-order valence-electron chi connectivity index (χ4n) is 3.79. The normalized spacial score (nSPS) is 15.7. The van der Waals surface area contributed by atoms with Crippen LogP contribution < -0.4 is 4.74 Å². The fourth-order valence-corrected chi connectivity index (χ4v) is 5.57. The van der Waals surface area contributed by atoms with Gasteiger partial charge >= 0.3 is 0 Å². The molecule has 0 spiro atoms. The zero-order chi connectivity index (χ0) is 22.8. The largest absolute Gasteiger partial charge is 0.497 e. The van der Waals surface area contributed by atoms with Gasteiger partial charge in [-0.15, -0.1) is 0 Å². The molecule has 0 bridgehead atoms. The number of benzene rings is 1. The van der Waals surface area contributed by atoms with Crippen LogP contribution in [0.5, 0.6) is 5.75 Å². The van der Waals surface area contributed by atoms with Crippen LogP contribution in [0.15, 0.2) is 35.2 Å². The van der Waals surface area contributed by atoms with Gasteiger partial charge in [0.1, 0.15) is 10.6 Å². The molecule has 8 nitrogen and oxygen atoms in total. The van der Waals surface area contributed by atoms with E-state index in [1.54, 1.807) is 36.6 Å². The molecule has 9 heteroatoms. The summed E-state index contributed by atoms with van der Waals surface area (Å²) in [6, 6.07) is 7.48. The van der Waals surface area contributed by atoms with Crippen LogP contribution >= 0.6 is 0 Å². The molecule has 0 saturated carbocycles. The molecule has 2 aromatic rings. The van der Waals surface area contributed by atoms with E-state index in [1.165, 1.54) is 10.4 Å². The second-order valence-corrected chi connectivity index (χ2v) is 9.75. The maximum Gasteiger partial charge on any atom is 0.246 e. The second kappa shape index (κ2) is 9.23. The van der Waals surface area contributed by atoms with Crippen LogP contribution in [0.1, 0.15) is 36.8 Å². The molecule has 1 saturated heterocycles. The summed E-state index contributed by atoms with van der Waals surface area (Å²) in [6.45, 7) is 8.67. The minimum Gasteiger partial charge on any atom is -0.497 e. The predicted molar refractivity (Wildman–Crippen MR) is 119 cm³/mol. The molecular formula is C22H30N4O4S. The molecule has 1 fully saturated rings. The van der Waals surface area contributed by atoms with Crippen molar-refractivity contribution in [3.63, 3.8) is 0 Å². The summed E-state index contributed by atoms with van der Waals surface area (Å²) in [4.78, 5) is 14.5. The van der Waals surface area contributed by atoms with Gasteiger partial charge in [0.25, 0.3) is 0 Å². The van der Waals surface area contributed by atoms with Gasteiger partial charge < -0.3 is 9.64 Å². The number of methoxy groups -OCH3 is 1. The smallest absolute Gasteiger partial charge is 0.246 e. The van der Waals surface area contributed by atoms with Crippen LogP contribution in [0.2, 0.25) is 0 Å². The van der Waals surface area contributed by atoms with E-state index in [2.05, 4.69) is 5.10 Å². The van der Waals surface area contributed by atoms with Crippen molar-refractivity contribution in [1.29, 1.82) is 0 Å². The first kappa shape index (κ1) is 23.0. The highest BCUT2D eigenvalue weighted by Gasteiger charge is 2.34. The number of hydrogen-bond donors (Lipinski definition) is 0. The van der Waals surface area contributed by atoms with Crippen LogP contribution in [0.3, 0.4) is 0 Å². The topological polar surface area (TPSA) is 84.7 Å². The molecule has 0 N–H and O–H groups in total. The highest BCUT2D eigenvalue weighted by molar-refractivity contribution is 7.89. The van der Waals surface area contributed by atoms with Gasteiger partial charge in [0, 0.05) is 38.3 Å². The zero-order valence-corrected chi connectivity index (χ0v) is 19.5. The Hall–Kier alpha value is -2.65. The average Bonchev–Trinajstić information content (AvgIpc) is 3.07. The van der Waals surface area contributed by atoms with Gasteiger partial charge in [0.2, 0.25) is 15.9 Å². The van der Waals surface area contributed by atoms with Crippen molar-refractivity contribution in [2.24, 2.45) is 0 Å². The van der Waals surface area contributed by atoms with Gasteiger partial charge in [-0.05, 0) is 51.5 Å². The third-order valence-electron chi connectivity index (χ3n) is 5.43. The van der Waals surface area contributed by atoms with E-state index in [1.807, 2.05) is 38.1 Å². The first-order valence-corrected chi connectivity index (χ1v) is 11.8. The number of nitrogens with zero attached hydrogens (tertiary/aromatic N) is 4. The molecule has 2 heterocycles. The minimum absolute atomic E-state index is 0.0783. The lowest BCUT2D eigenvalue weighted by Gasteiger charge is -2.33. The van der Waals surface area contributed by atoms with E-state index in [0.717, 1.165) is 11.3 Å². The number of rotatable bonds is 6. The summed E-state index contributed by atoms with van der Waals surface area (Å²) in [5, 5.41) is 4.41. The highest BCUT2D eigenvalue weighted by atomic mass is 32.2. The molecule has 1 aromatic carbocycles. The fraction of sp³-hybridized carbons (Fsp3) is 0.455. The Bertz CT molecular complexity index is 1060. The van der Waals surface area contributed by atoms with E-state index in [4.69, 9.17) is 4.74 Å². The number of aryl methyl sites for hydroxylation is 1. The number of hydrogen-bond acceptors (Lipinski definition) is 5. The number of sulfonamides is 1. The first-order valence-electron chi connectivity index (χ1n) is 10.3. The maximum absolute atomic E-state index is 13.2. The number of piperazine rings is 1. The van der Waals surface area contributed by atoms with Crippen LogP contribution in [0.4, 0.5) is 0 Å². The van der Waals surface area contributed by atoms with Crippen LogP contribution in [-0.4, -0.2) is 66.6 Å². The molecule has 1 aliphatic heterocycles. The van der Waals surface area contributed by atoms with Crippen molar-refractivity contribution in [2.45, 2.75) is 38.6 Å². The van der Waals surface area contributed by atoms with Crippen molar-refractivity contribution in [3.05, 3.63) is 47.3 Å². The van der Waals surface area contributed by atoms with E-state index in [-0.39, 0.29) is 29.9 Å². The summed E-state index contributed by atoms with van der Waals surface area (Å²) < 4.78 is 34.8. The monoisotopic (exact) mass is 446 g/mol. The molecule has 31 heavy (non-hydrogen) atoms. The summed E-state index contributed by atoms with van der Waals surface area (Å²) in [5.41, 5.74) is 2.05. The van der Waals surface area contributed by atoms with Crippen molar-refractivity contribution in [1.82, 2.24) is 19.0 Å². The molecular weight excluding hydrogens is 416 g/mol. The predicted octanol–water partition coefficient (Wildman–Crippen LogP) is 2.64. The minimum atomic E-state index is -3.66. The third kappa shape index (κ3) is 4.83. The van der Waals surface area contributed by atoms with Crippen LogP contribution in [0.25, 0.3) is 6.08 Å². The van der Waals surface area contributed by atoms with Gasteiger partial charge in [-0.1, -0.05) is 12.1 Å². The molecule has 0 unspecified atom stereocenters. The van der Waals surface area contributed by atoms with Crippen molar-refractivity contribution in [2.75, 3.05) is 33.3 Å². The van der Waals surface area contributed by atoms with Gasteiger partial charge in [-0.3, -0.25) is 9.48 Å². The summed E-state index contributed by atoms with van der Waals surface area (Å²) in [6.07, 6.45) is 3.27. The molecule has 1 aromatic heterocycles. The zero-order valence-electron chi connectivity index (χ0n) is 18.7. The standard InChI is InChI=1S/C22H30N4O4S/c1-16(2)26-18(4)22(17(3)23-26)31(28,29)25-14-12-24(13-15-25)21(27)11-8-19-6-9-20(30-5)10-7-19/h6-11,16H,12-15H2,1-5H3. The molecule has 0 aliphatic carbocycles. The van der Waals surface area contributed by atoms with Gasteiger partial charge in [-0.2, -0.15) is 9.40 Å². The molecule has 0 atom stereocenters. The third-order valence-corrected chi connectivity index (χ3v) is 7.58. The van der Waals surface area contributed by atoms with Crippen molar-refractivity contribution >= 4 is 22.0 Å². The van der Waals surface area contributed by atoms with Gasteiger partial charge in [-0.25, -0.2) is 8.42 Å². The molecule has 1 aliphatic rings. The van der Waals surface area contributed by atoms with E-state index in [9.17, 15) is 13.2 Å². The first-order chi connectivity index (χ1) is 14.6. The molecule has 3 rings (SSSR count). The maximum atomic E-state index is 13.2. The Labute approximate surface area is 184 Å². The number of amides is 1. The summed E-state index contributed by atoms with van der Waals surface area (Å²) in [5.74, 6) is 0.623. The Kier molecular flexibility index (Phi) is 6.86. The lowest BCUT2D eigenvalue weighted by molar-refractivity contribution is -0.127. The van der Waals surface area contributed by atoms with E-state index in [0.29, 0.717) is 24.5 Å². The number of carbonyl (C=O) groups is 1. The quantitative estimate of drug-likeness (QED) is 0.637. The summed E-state index contributed by atoms with van der Waals surface area (Å²) >= 11 is 0. The van der Waals surface area contributed by atoms with Crippen LogP contribution in [0, 0.1) is 13.8 Å². The second-order valence-electron chi connectivity index (χ2n) is 7.87. The van der Waals surface area contributed by atoms with Crippen LogP contribution in [-0.2, 0) is 14.8 Å². The Morgan fingerprint density at radius 1 is 1.10 bits per heavy atom. The highest BCUT2D eigenvalue weighted by Crippen LogP contribution is 2.26. The number of carbonyl (C=O) groups excluding carboxylic acids is 1. The molecule has 1 amide bonds. The van der Waals surface area contributed by atoms with Crippen molar-refractivity contribution in [3.8, 4) is 5.75 Å². The van der Waals surface area contributed by atoms with E-state index >= 15 is 0 Å². The number of ether oxygens (including phenoxy) is 1. The van der Waals surface area contributed by atoms with E-state index < -0.39 is 10.0 Å². The lowest BCUT2D eigenvalue weighted by Crippen LogP contribution is -2.50. The van der Waals surface area contributed by atoms with Gasteiger partial charge in [0.05, 0.1) is 18.5 Å². The SMILES string of the molecule is COc1ccc(C=CC(=O)N2CCN(S(=O)(=O)c3c(C)nn(C(C)C)c3C)CC2)cc1. The average molecular weight is 447 g/mol. The lowest BCUT2D eigenvalue weighted by atomic mass is 10.2. The molecule has 168 valence electrons. The Morgan fingerprint density at radius 2 is 1.71 bits per heavy atom. The van der Waals surface area contributed by atoms with Crippen molar-refractivity contribution < 1.29 is 17.9 Å².